The summed E-state index contributed by atoms with van der Waals surface area (Å²) >= 11 is 0. The lowest BCUT2D eigenvalue weighted by molar-refractivity contribution is -0.148. The predicted octanol–water partition coefficient (Wildman–Crippen LogP) is 3.31. The van der Waals surface area contributed by atoms with E-state index in [0.29, 0.717) is 17.9 Å². The molecule has 0 aliphatic carbocycles. The fourth-order valence-corrected chi connectivity index (χ4v) is 3.20. The van der Waals surface area contributed by atoms with Crippen LogP contribution in [0.25, 0.3) is 0 Å². The van der Waals surface area contributed by atoms with Gasteiger partial charge in [0.2, 0.25) is 11.8 Å². The Hall–Kier alpha value is -2.86. The second-order valence-electron chi connectivity index (χ2n) is 8.35. The van der Waals surface area contributed by atoms with E-state index in [4.69, 9.17) is 4.74 Å². The lowest BCUT2D eigenvalue weighted by Gasteiger charge is -2.33. The molecule has 0 bridgehead atoms. The number of likely N-dealkylation sites (N-methyl/N-ethyl adjacent to an activating group) is 1. The minimum absolute atomic E-state index is 0.00164. The molecule has 0 spiro atoms. The zero-order valence-corrected chi connectivity index (χ0v) is 18.4. The van der Waals surface area contributed by atoms with Gasteiger partial charge in [0.05, 0.1) is 18.1 Å². The number of aliphatic hydroxyl groups is 1. The molecule has 162 valence electrons. The van der Waals surface area contributed by atoms with Crippen LogP contribution in [0.2, 0.25) is 0 Å². The molecule has 0 unspecified atom stereocenters. The number of benzene rings is 2. The predicted molar refractivity (Wildman–Crippen MR) is 117 cm³/mol. The van der Waals surface area contributed by atoms with E-state index in [1.54, 1.807) is 39.1 Å². The number of amides is 2. The van der Waals surface area contributed by atoms with Gasteiger partial charge in [-0.1, -0.05) is 42.5 Å². The van der Waals surface area contributed by atoms with Crippen LogP contribution < -0.4 is 10.1 Å². The van der Waals surface area contributed by atoms with Crippen LogP contribution in [0, 0.1) is 5.41 Å². The SMILES string of the molecule is CC(C)NC(=O)CN(C)C(=O)C(C)(C)[C@H](O)c1cccc(OCc2ccccc2)c1. The van der Waals surface area contributed by atoms with Gasteiger partial charge in [0, 0.05) is 13.1 Å². The Morgan fingerprint density at radius 2 is 1.77 bits per heavy atom. The molecule has 0 aromatic heterocycles. The molecule has 2 aromatic carbocycles. The third kappa shape index (κ3) is 6.32. The molecule has 0 aliphatic heterocycles. The molecule has 30 heavy (non-hydrogen) atoms. The van der Waals surface area contributed by atoms with Gasteiger partial charge in [-0.2, -0.15) is 0 Å². The Bertz CT molecular complexity index is 849. The number of carbonyl (C=O) groups is 2. The molecule has 2 rings (SSSR count). The zero-order chi connectivity index (χ0) is 22.3. The second-order valence-corrected chi connectivity index (χ2v) is 8.35. The Morgan fingerprint density at radius 3 is 2.40 bits per heavy atom. The third-order valence-electron chi connectivity index (χ3n) is 4.83. The second kappa shape index (κ2) is 10.3. The molecule has 1 atom stereocenters. The highest BCUT2D eigenvalue weighted by atomic mass is 16.5. The fraction of sp³-hybridized carbons (Fsp3) is 0.417. The topological polar surface area (TPSA) is 78.9 Å². The van der Waals surface area contributed by atoms with Gasteiger partial charge < -0.3 is 20.1 Å². The molecule has 0 aliphatic rings. The first-order valence-corrected chi connectivity index (χ1v) is 10.1. The van der Waals surface area contributed by atoms with Gasteiger partial charge in [0.15, 0.2) is 0 Å². The number of nitrogens with one attached hydrogen (secondary N) is 1. The lowest BCUT2D eigenvalue weighted by atomic mass is 9.81. The third-order valence-corrected chi connectivity index (χ3v) is 4.83. The van der Waals surface area contributed by atoms with Gasteiger partial charge in [0.25, 0.3) is 0 Å². The average molecular weight is 413 g/mol. The molecular formula is C24H32N2O4. The zero-order valence-electron chi connectivity index (χ0n) is 18.4. The van der Waals surface area contributed by atoms with Crippen LogP contribution in [-0.4, -0.2) is 41.5 Å². The van der Waals surface area contributed by atoms with Gasteiger partial charge in [-0.25, -0.2) is 0 Å². The van der Waals surface area contributed by atoms with Gasteiger partial charge >= 0.3 is 0 Å². The van der Waals surface area contributed by atoms with E-state index in [9.17, 15) is 14.7 Å². The number of carbonyl (C=O) groups excluding carboxylic acids is 2. The molecule has 2 aromatic rings. The molecule has 0 fully saturated rings. The smallest absolute Gasteiger partial charge is 0.239 e. The first kappa shape index (κ1) is 23.4. The van der Waals surface area contributed by atoms with Crippen molar-refractivity contribution in [3.05, 3.63) is 65.7 Å². The fourth-order valence-electron chi connectivity index (χ4n) is 3.20. The first-order chi connectivity index (χ1) is 14.1. The number of nitrogens with zero attached hydrogens (tertiary/aromatic N) is 1. The highest BCUT2D eigenvalue weighted by Gasteiger charge is 2.39. The summed E-state index contributed by atoms with van der Waals surface area (Å²) in [6.45, 7) is 7.42. The van der Waals surface area contributed by atoms with Crippen molar-refractivity contribution in [3.63, 3.8) is 0 Å². The van der Waals surface area contributed by atoms with Gasteiger partial charge in [-0.3, -0.25) is 9.59 Å². The van der Waals surface area contributed by atoms with Gasteiger partial charge in [-0.05, 0) is 51.0 Å². The summed E-state index contributed by atoms with van der Waals surface area (Å²) in [4.78, 5) is 26.3. The molecule has 6 nitrogen and oxygen atoms in total. The van der Waals surface area contributed by atoms with Crippen LogP contribution in [0.1, 0.15) is 44.9 Å². The van der Waals surface area contributed by atoms with E-state index in [0.717, 1.165) is 5.56 Å². The van der Waals surface area contributed by atoms with Crippen LogP contribution in [0.3, 0.4) is 0 Å². The van der Waals surface area contributed by atoms with Crippen LogP contribution in [0.15, 0.2) is 54.6 Å². The summed E-state index contributed by atoms with van der Waals surface area (Å²) in [6.07, 6.45) is -1.05. The highest BCUT2D eigenvalue weighted by molar-refractivity contribution is 5.88. The Balaban J connectivity index is 2.06. The van der Waals surface area contributed by atoms with Crippen LogP contribution >= 0.6 is 0 Å². The molecule has 6 heteroatoms. The van der Waals surface area contributed by atoms with Crippen molar-refractivity contribution in [2.45, 2.75) is 46.4 Å². The normalized spacial score (nSPS) is 12.4. The molecular weight excluding hydrogens is 380 g/mol. The Labute approximate surface area is 178 Å². The van der Waals surface area contributed by atoms with Crippen molar-refractivity contribution in [2.24, 2.45) is 5.41 Å². The molecule has 0 heterocycles. The van der Waals surface area contributed by atoms with Crippen molar-refractivity contribution in [2.75, 3.05) is 13.6 Å². The minimum Gasteiger partial charge on any atom is -0.489 e. The maximum Gasteiger partial charge on any atom is 0.239 e. The van der Waals surface area contributed by atoms with Crippen LogP contribution in [0.5, 0.6) is 5.75 Å². The van der Waals surface area contributed by atoms with Crippen molar-refractivity contribution >= 4 is 11.8 Å². The van der Waals surface area contributed by atoms with Gasteiger partial charge in [0.1, 0.15) is 12.4 Å². The standard InChI is InChI=1S/C24H32N2O4/c1-17(2)25-21(27)15-26(5)23(29)24(3,4)22(28)19-12-9-13-20(14-19)30-16-18-10-7-6-8-11-18/h6-14,17,22,28H,15-16H2,1-5H3,(H,25,27)/t22-/m1/s1. The quantitative estimate of drug-likeness (QED) is 0.662. The monoisotopic (exact) mass is 412 g/mol. The number of ether oxygens (including phenoxy) is 1. The summed E-state index contributed by atoms with van der Waals surface area (Å²) in [5, 5.41) is 13.7. The average Bonchev–Trinajstić information content (AvgIpc) is 2.71. The minimum atomic E-state index is -1.12. The van der Waals surface area contributed by atoms with E-state index in [1.807, 2.05) is 50.2 Å². The number of hydrogen-bond acceptors (Lipinski definition) is 4. The summed E-state index contributed by atoms with van der Waals surface area (Å²) in [5.74, 6) is 0.0651. The molecule has 2 N–H and O–H groups in total. The van der Waals surface area contributed by atoms with Crippen LogP contribution in [0.4, 0.5) is 0 Å². The van der Waals surface area contributed by atoms with E-state index in [2.05, 4.69) is 5.32 Å². The number of rotatable bonds is 9. The lowest BCUT2D eigenvalue weighted by Crippen LogP contribution is -2.47. The molecule has 0 saturated heterocycles. The summed E-state index contributed by atoms with van der Waals surface area (Å²) in [7, 11) is 1.57. The van der Waals surface area contributed by atoms with Crippen molar-refractivity contribution < 1.29 is 19.4 Å². The van der Waals surface area contributed by atoms with Gasteiger partial charge in [-0.15, -0.1) is 0 Å². The number of aliphatic hydroxyl groups excluding tert-OH is 1. The highest BCUT2D eigenvalue weighted by Crippen LogP contribution is 2.36. The van der Waals surface area contributed by atoms with Crippen LogP contribution in [-0.2, 0) is 16.2 Å². The maximum absolute atomic E-state index is 13.0. The molecule has 0 radical (unpaired) electrons. The first-order valence-electron chi connectivity index (χ1n) is 10.1. The summed E-state index contributed by atoms with van der Waals surface area (Å²) in [5.41, 5.74) is 0.504. The van der Waals surface area contributed by atoms with E-state index in [1.165, 1.54) is 4.90 Å². The van der Waals surface area contributed by atoms with Crippen molar-refractivity contribution in [1.82, 2.24) is 10.2 Å². The van der Waals surface area contributed by atoms with E-state index < -0.39 is 11.5 Å². The van der Waals surface area contributed by atoms with E-state index >= 15 is 0 Å². The number of hydrogen-bond donors (Lipinski definition) is 2. The summed E-state index contributed by atoms with van der Waals surface area (Å²) < 4.78 is 5.83. The molecule has 0 saturated carbocycles. The van der Waals surface area contributed by atoms with Crippen molar-refractivity contribution in [1.29, 1.82) is 0 Å². The van der Waals surface area contributed by atoms with Crippen molar-refractivity contribution in [3.8, 4) is 5.75 Å². The molecule has 2 amide bonds. The largest absolute Gasteiger partial charge is 0.489 e. The van der Waals surface area contributed by atoms with E-state index in [-0.39, 0.29) is 24.4 Å². The Kier molecular flexibility index (Phi) is 8.00. The summed E-state index contributed by atoms with van der Waals surface area (Å²) in [6, 6.07) is 16.9. The Morgan fingerprint density at radius 1 is 1.10 bits per heavy atom. The maximum atomic E-state index is 13.0.